The van der Waals surface area contributed by atoms with Gasteiger partial charge in [-0.2, -0.15) is 0 Å². The molecular weight excluding hydrogens is 132 g/mol. The van der Waals surface area contributed by atoms with Crippen LogP contribution in [0.3, 0.4) is 0 Å². The van der Waals surface area contributed by atoms with Crippen molar-refractivity contribution in [2.24, 2.45) is 0 Å². The first-order valence-electron chi connectivity index (χ1n) is 2.77. The molecule has 0 aliphatic rings. The Morgan fingerprint density at radius 3 is 2.70 bits per heavy atom. The molecule has 0 saturated heterocycles. The molecule has 0 aliphatic heterocycles. The van der Waals surface area contributed by atoms with Crippen LogP contribution in [0.25, 0.3) is 0 Å². The number of aryl methyl sites for hydroxylation is 1. The zero-order valence-electron chi connectivity index (χ0n) is 5.44. The third-order valence-corrected chi connectivity index (χ3v) is 1.08. The van der Waals surface area contributed by atoms with E-state index in [0.717, 1.165) is 5.56 Å². The second kappa shape index (κ2) is 2.43. The molecule has 0 spiro atoms. The predicted octanol–water partition coefficient (Wildman–Crippen LogP) is 1.30. The molecular formula is C6H6N2O2. The SMILES string of the molecule is Cc1ccc([N+](=O)[O-])nc1. The number of rotatable bonds is 1. The second-order valence-electron chi connectivity index (χ2n) is 1.95. The Morgan fingerprint density at radius 2 is 2.30 bits per heavy atom. The highest BCUT2D eigenvalue weighted by Gasteiger charge is 2.02. The summed E-state index contributed by atoms with van der Waals surface area (Å²) in [5.74, 6) is -0.106. The summed E-state index contributed by atoms with van der Waals surface area (Å²) in [4.78, 5) is 13.1. The molecule has 10 heavy (non-hydrogen) atoms. The van der Waals surface area contributed by atoms with Crippen LogP contribution >= 0.6 is 0 Å². The summed E-state index contributed by atoms with van der Waals surface area (Å²) in [5, 5.41) is 10.1. The van der Waals surface area contributed by atoms with Crippen LogP contribution in [0.2, 0.25) is 0 Å². The van der Waals surface area contributed by atoms with Crippen LogP contribution < -0.4 is 0 Å². The first kappa shape index (κ1) is 6.67. The number of nitrogens with zero attached hydrogens (tertiary/aromatic N) is 2. The third-order valence-electron chi connectivity index (χ3n) is 1.08. The average molecular weight is 138 g/mol. The summed E-state index contributed by atoms with van der Waals surface area (Å²) in [6, 6.07) is 3.04. The Kier molecular flexibility index (Phi) is 1.62. The maximum atomic E-state index is 10.1. The summed E-state index contributed by atoms with van der Waals surface area (Å²) in [6.45, 7) is 1.83. The molecule has 4 heteroatoms. The van der Waals surface area contributed by atoms with Crippen LogP contribution in [0.15, 0.2) is 18.3 Å². The fourth-order valence-corrected chi connectivity index (χ4v) is 0.568. The van der Waals surface area contributed by atoms with E-state index in [-0.39, 0.29) is 5.82 Å². The smallest absolute Gasteiger partial charge is 0.358 e. The van der Waals surface area contributed by atoms with Crippen LogP contribution in [-0.2, 0) is 0 Å². The van der Waals surface area contributed by atoms with Crippen molar-refractivity contribution in [3.8, 4) is 0 Å². The fourth-order valence-electron chi connectivity index (χ4n) is 0.568. The lowest BCUT2D eigenvalue weighted by Gasteiger charge is -1.89. The molecule has 0 atom stereocenters. The molecule has 0 radical (unpaired) electrons. The maximum absolute atomic E-state index is 10.1. The van der Waals surface area contributed by atoms with E-state index in [2.05, 4.69) is 4.98 Å². The fraction of sp³-hybridized carbons (Fsp3) is 0.167. The first-order chi connectivity index (χ1) is 4.70. The lowest BCUT2D eigenvalue weighted by molar-refractivity contribution is -0.389. The quantitative estimate of drug-likeness (QED) is 0.434. The number of hydrogen-bond donors (Lipinski definition) is 0. The maximum Gasteiger partial charge on any atom is 0.363 e. The molecule has 52 valence electrons. The van der Waals surface area contributed by atoms with Gasteiger partial charge in [-0.15, -0.1) is 0 Å². The first-order valence-corrected chi connectivity index (χ1v) is 2.77. The summed E-state index contributed by atoms with van der Waals surface area (Å²) >= 11 is 0. The number of nitro groups is 1. The van der Waals surface area contributed by atoms with E-state index < -0.39 is 4.92 Å². The van der Waals surface area contributed by atoms with E-state index in [1.54, 1.807) is 6.07 Å². The monoisotopic (exact) mass is 138 g/mol. The van der Waals surface area contributed by atoms with Crippen molar-refractivity contribution < 1.29 is 4.92 Å². The highest BCUT2D eigenvalue weighted by Crippen LogP contribution is 2.05. The van der Waals surface area contributed by atoms with E-state index in [1.807, 2.05) is 6.92 Å². The van der Waals surface area contributed by atoms with Crippen LogP contribution in [0.4, 0.5) is 5.82 Å². The summed E-state index contributed by atoms with van der Waals surface area (Å²) in [7, 11) is 0. The molecule has 1 heterocycles. The summed E-state index contributed by atoms with van der Waals surface area (Å²) in [5.41, 5.74) is 0.922. The van der Waals surface area contributed by atoms with Gasteiger partial charge in [0.05, 0.1) is 0 Å². The van der Waals surface area contributed by atoms with Crippen molar-refractivity contribution in [3.05, 3.63) is 34.0 Å². The number of pyridine rings is 1. The van der Waals surface area contributed by atoms with E-state index in [9.17, 15) is 10.1 Å². The average Bonchev–Trinajstić information content (AvgIpc) is 1.88. The zero-order chi connectivity index (χ0) is 7.56. The Balaban J connectivity index is 3.00. The van der Waals surface area contributed by atoms with Crippen molar-refractivity contribution in [3.63, 3.8) is 0 Å². The lowest BCUT2D eigenvalue weighted by Crippen LogP contribution is -1.90. The van der Waals surface area contributed by atoms with Gasteiger partial charge in [0.25, 0.3) is 0 Å². The van der Waals surface area contributed by atoms with Crippen molar-refractivity contribution in [2.75, 3.05) is 0 Å². The zero-order valence-corrected chi connectivity index (χ0v) is 5.44. The van der Waals surface area contributed by atoms with Gasteiger partial charge in [-0.25, -0.2) is 0 Å². The Labute approximate surface area is 57.7 Å². The Bertz CT molecular complexity index is 242. The molecule has 0 aliphatic carbocycles. The molecule has 0 unspecified atom stereocenters. The van der Waals surface area contributed by atoms with E-state index >= 15 is 0 Å². The summed E-state index contributed by atoms with van der Waals surface area (Å²) in [6.07, 6.45) is 1.47. The molecule has 0 N–H and O–H groups in total. The van der Waals surface area contributed by atoms with Gasteiger partial charge in [0.2, 0.25) is 0 Å². The van der Waals surface area contributed by atoms with Gasteiger partial charge < -0.3 is 10.1 Å². The molecule has 0 bridgehead atoms. The minimum atomic E-state index is -0.514. The normalized spacial score (nSPS) is 9.30. The van der Waals surface area contributed by atoms with E-state index in [1.165, 1.54) is 12.3 Å². The minimum absolute atomic E-state index is 0.106. The van der Waals surface area contributed by atoms with Gasteiger partial charge in [-0.3, -0.25) is 0 Å². The highest BCUT2D eigenvalue weighted by atomic mass is 16.6. The molecule has 1 aromatic heterocycles. The van der Waals surface area contributed by atoms with E-state index in [0.29, 0.717) is 0 Å². The number of aromatic nitrogens is 1. The Hall–Kier alpha value is -1.45. The molecule has 4 nitrogen and oxygen atoms in total. The minimum Gasteiger partial charge on any atom is -0.358 e. The van der Waals surface area contributed by atoms with Gasteiger partial charge in [0.1, 0.15) is 6.20 Å². The molecule has 1 rings (SSSR count). The van der Waals surface area contributed by atoms with Crippen LogP contribution in [0, 0.1) is 17.0 Å². The topological polar surface area (TPSA) is 56.0 Å². The van der Waals surface area contributed by atoms with Gasteiger partial charge in [-0.05, 0) is 28.5 Å². The molecule has 0 fully saturated rings. The Morgan fingerprint density at radius 1 is 1.60 bits per heavy atom. The molecule has 1 aromatic rings. The summed E-state index contributed by atoms with van der Waals surface area (Å²) < 4.78 is 0. The molecule has 0 aromatic carbocycles. The van der Waals surface area contributed by atoms with E-state index in [4.69, 9.17) is 0 Å². The van der Waals surface area contributed by atoms with Crippen LogP contribution in [0.5, 0.6) is 0 Å². The van der Waals surface area contributed by atoms with Crippen molar-refractivity contribution in [1.82, 2.24) is 4.98 Å². The van der Waals surface area contributed by atoms with Crippen molar-refractivity contribution in [2.45, 2.75) is 6.92 Å². The second-order valence-corrected chi connectivity index (χ2v) is 1.95. The van der Waals surface area contributed by atoms with Crippen molar-refractivity contribution >= 4 is 5.82 Å². The molecule has 0 amide bonds. The van der Waals surface area contributed by atoms with Gasteiger partial charge in [0, 0.05) is 6.07 Å². The van der Waals surface area contributed by atoms with Gasteiger partial charge >= 0.3 is 5.82 Å². The van der Waals surface area contributed by atoms with Gasteiger partial charge in [-0.1, -0.05) is 0 Å². The molecule has 0 saturated carbocycles. The number of hydrogen-bond acceptors (Lipinski definition) is 3. The van der Waals surface area contributed by atoms with Crippen LogP contribution in [0.1, 0.15) is 5.56 Å². The standard InChI is InChI=1S/C6H6N2O2/c1-5-2-3-6(7-4-5)8(9)10/h2-4H,1H3. The van der Waals surface area contributed by atoms with Crippen molar-refractivity contribution in [1.29, 1.82) is 0 Å². The predicted molar refractivity (Wildman–Crippen MR) is 35.6 cm³/mol. The highest BCUT2D eigenvalue weighted by molar-refractivity contribution is 5.21. The van der Waals surface area contributed by atoms with Crippen LogP contribution in [-0.4, -0.2) is 9.91 Å². The largest absolute Gasteiger partial charge is 0.363 e. The third kappa shape index (κ3) is 1.28. The van der Waals surface area contributed by atoms with Gasteiger partial charge in [0.15, 0.2) is 0 Å². The lowest BCUT2D eigenvalue weighted by atomic mass is 10.3.